The van der Waals surface area contributed by atoms with Gasteiger partial charge in [0.05, 0.1) is 17.3 Å². The fourth-order valence-corrected chi connectivity index (χ4v) is 4.11. The highest BCUT2D eigenvalue weighted by atomic mass is 16.5. The summed E-state index contributed by atoms with van der Waals surface area (Å²) in [5, 5.41) is 2.99. The Hall–Kier alpha value is -3.48. The fraction of sp³-hybridized carbons (Fsp3) is 0.333. The normalized spacial score (nSPS) is 19.0. The summed E-state index contributed by atoms with van der Waals surface area (Å²) in [6.45, 7) is 1.53. The lowest BCUT2D eigenvalue weighted by Gasteiger charge is -2.27. The van der Waals surface area contributed by atoms with Crippen molar-refractivity contribution in [3.8, 4) is 0 Å². The number of rotatable bonds is 5. The van der Waals surface area contributed by atoms with E-state index >= 15 is 0 Å². The topological polar surface area (TPSA) is 92.8 Å². The van der Waals surface area contributed by atoms with Crippen LogP contribution in [0.4, 0.5) is 5.69 Å². The van der Waals surface area contributed by atoms with Crippen molar-refractivity contribution < 1.29 is 23.9 Å². The van der Waals surface area contributed by atoms with E-state index < -0.39 is 12.1 Å². The monoisotopic (exact) mass is 420 g/mol. The molecule has 31 heavy (non-hydrogen) atoms. The molecule has 1 aliphatic heterocycles. The van der Waals surface area contributed by atoms with Crippen LogP contribution in [-0.4, -0.2) is 29.8 Å². The van der Waals surface area contributed by atoms with Crippen molar-refractivity contribution in [3.63, 3.8) is 0 Å². The quantitative estimate of drug-likeness (QED) is 0.593. The minimum Gasteiger partial charge on any atom is -0.449 e. The van der Waals surface area contributed by atoms with E-state index in [2.05, 4.69) is 11.4 Å². The largest absolute Gasteiger partial charge is 0.449 e. The van der Waals surface area contributed by atoms with Gasteiger partial charge in [0.2, 0.25) is 11.8 Å². The number of benzene rings is 2. The van der Waals surface area contributed by atoms with Crippen LogP contribution in [0, 0.1) is 0 Å². The first-order valence-corrected chi connectivity index (χ1v) is 10.5. The Morgan fingerprint density at radius 1 is 1.03 bits per heavy atom. The first-order valence-electron chi connectivity index (χ1n) is 10.5. The van der Waals surface area contributed by atoms with Crippen molar-refractivity contribution in [2.45, 2.75) is 51.2 Å². The number of anilines is 1. The molecule has 0 radical (unpaired) electrons. The summed E-state index contributed by atoms with van der Waals surface area (Å²) < 4.78 is 5.36. The van der Waals surface area contributed by atoms with Gasteiger partial charge in [-0.1, -0.05) is 30.3 Å². The third-order valence-corrected chi connectivity index (χ3v) is 5.73. The predicted octanol–water partition coefficient (Wildman–Crippen LogP) is 3.08. The molecule has 7 heteroatoms. The number of nitrogens with one attached hydrogen (secondary N) is 1. The van der Waals surface area contributed by atoms with E-state index in [1.807, 2.05) is 18.2 Å². The number of carbonyl (C=O) groups excluding carboxylic acids is 4. The molecule has 0 aromatic heterocycles. The molecule has 0 bridgehead atoms. The Balaban J connectivity index is 1.41. The Kier molecular flexibility index (Phi) is 5.84. The van der Waals surface area contributed by atoms with Crippen molar-refractivity contribution in [2.24, 2.45) is 0 Å². The lowest BCUT2D eigenvalue weighted by Crippen LogP contribution is -2.39. The highest BCUT2D eigenvalue weighted by Gasteiger charge is 2.31. The van der Waals surface area contributed by atoms with Crippen LogP contribution < -0.4 is 10.2 Å². The zero-order valence-electron chi connectivity index (χ0n) is 17.3. The van der Waals surface area contributed by atoms with Crippen LogP contribution in [0.1, 0.15) is 60.1 Å². The number of fused-ring (bicyclic) bond motifs is 1. The number of nitrogens with zero attached hydrogens (tertiary/aromatic N) is 1. The third kappa shape index (κ3) is 4.35. The van der Waals surface area contributed by atoms with Gasteiger partial charge in [0.15, 0.2) is 6.10 Å². The van der Waals surface area contributed by atoms with Crippen LogP contribution in [0.15, 0.2) is 48.5 Å². The number of imide groups is 1. The maximum Gasteiger partial charge on any atom is 0.338 e. The molecule has 2 atom stereocenters. The van der Waals surface area contributed by atoms with Crippen LogP contribution in [0.25, 0.3) is 0 Å². The molecule has 1 fully saturated rings. The van der Waals surface area contributed by atoms with Gasteiger partial charge in [-0.2, -0.15) is 0 Å². The van der Waals surface area contributed by atoms with Crippen LogP contribution in [-0.2, 0) is 25.5 Å². The van der Waals surface area contributed by atoms with Crippen molar-refractivity contribution in [2.75, 3.05) is 4.90 Å². The van der Waals surface area contributed by atoms with Crippen LogP contribution >= 0.6 is 0 Å². The average Bonchev–Trinajstić information content (AvgIpc) is 3.12. The van der Waals surface area contributed by atoms with Gasteiger partial charge in [-0.15, -0.1) is 0 Å². The Morgan fingerprint density at radius 3 is 2.55 bits per heavy atom. The highest BCUT2D eigenvalue weighted by molar-refractivity contribution is 6.20. The standard InChI is InChI=1S/C24H24N2O5/c1-15(23(29)25-20-11-5-7-16-6-2-3-10-19(16)20)31-24(30)17-8-4-9-18(14-17)26-21(27)12-13-22(26)28/h2-4,6,8-10,14-15,20H,5,7,11-13H2,1H3,(H,25,29)/t15-,20+/m1/s1. The van der Waals surface area contributed by atoms with Gasteiger partial charge >= 0.3 is 5.97 Å². The number of carbonyl (C=O) groups is 4. The van der Waals surface area contributed by atoms with E-state index in [1.54, 1.807) is 12.1 Å². The predicted molar refractivity (Wildman–Crippen MR) is 113 cm³/mol. The zero-order chi connectivity index (χ0) is 22.0. The molecule has 2 aliphatic rings. The first kappa shape index (κ1) is 20.8. The lowest BCUT2D eigenvalue weighted by atomic mass is 9.87. The number of amides is 3. The van der Waals surface area contributed by atoms with E-state index in [1.165, 1.54) is 24.6 Å². The lowest BCUT2D eigenvalue weighted by molar-refractivity contribution is -0.130. The van der Waals surface area contributed by atoms with E-state index in [9.17, 15) is 19.2 Å². The summed E-state index contributed by atoms with van der Waals surface area (Å²) in [5.74, 6) is -1.64. The zero-order valence-corrected chi connectivity index (χ0v) is 17.3. The highest BCUT2D eigenvalue weighted by Crippen LogP contribution is 2.29. The second-order valence-corrected chi connectivity index (χ2v) is 7.87. The average molecular weight is 420 g/mol. The maximum absolute atomic E-state index is 12.7. The maximum atomic E-state index is 12.7. The molecule has 2 aromatic rings. The molecule has 0 spiro atoms. The summed E-state index contributed by atoms with van der Waals surface area (Å²) in [5.41, 5.74) is 2.84. The van der Waals surface area contributed by atoms with Crippen molar-refractivity contribution in [3.05, 3.63) is 65.2 Å². The molecule has 1 heterocycles. The molecule has 3 amide bonds. The molecule has 0 unspecified atom stereocenters. The summed E-state index contributed by atoms with van der Waals surface area (Å²) in [4.78, 5) is 50.2. The fourth-order valence-electron chi connectivity index (χ4n) is 4.11. The molecule has 2 aromatic carbocycles. The summed E-state index contributed by atoms with van der Waals surface area (Å²) >= 11 is 0. The van der Waals surface area contributed by atoms with E-state index in [4.69, 9.17) is 4.74 Å². The van der Waals surface area contributed by atoms with Gasteiger partial charge in [0, 0.05) is 12.8 Å². The van der Waals surface area contributed by atoms with E-state index in [-0.39, 0.29) is 42.2 Å². The minimum atomic E-state index is -0.986. The first-order chi connectivity index (χ1) is 14.9. The Bertz CT molecular complexity index is 1030. The summed E-state index contributed by atoms with van der Waals surface area (Å²) in [6, 6.07) is 14.1. The molecule has 160 valence electrons. The molecule has 0 saturated carbocycles. The van der Waals surface area contributed by atoms with E-state index in [0.29, 0.717) is 5.69 Å². The second kappa shape index (κ2) is 8.71. The number of esters is 1. The van der Waals surface area contributed by atoms with Gasteiger partial charge in [0.25, 0.3) is 5.91 Å². The van der Waals surface area contributed by atoms with Gasteiger partial charge in [0.1, 0.15) is 0 Å². The van der Waals surface area contributed by atoms with Crippen molar-refractivity contribution in [1.82, 2.24) is 5.32 Å². The van der Waals surface area contributed by atoms with Crippen molar-refractivity contribution in [1.29, 1.82) is 0 Å². The van der Waals surface area contributed by atoms with Crippen LogP contribution in [0.5, 0.6) is 0 Å². The number of hydrogen-bond donors (Lipinski definition) is 1. The minimum absolute atomic E-state index is 0.103. The van der Waals surface area contributed by atoms with Gasteiger partial charge < -0.3 is 10.1 Å². The van der Waals surface area contributed by atoms with Crippen LogP contribution in [0.3, 0.4) is 0 Å². The second-order valence-electron chi connectivity index (χ2n) is 7.87. The molecular weight excluding hydrogens is 396 g/mol. The van der Waals surface area contributed by atoms with Crippen LogP contribution in [0.2, 0.25) is 0 Å². The van der Waals surface area contributed by atoms with Gasteiger partial charge in [-0.3, -0.25) is 19.3 Å². The molecule has 4 rings (SSSR count). The number of ether oxygens (including phenoxy) is 1. The smallest absolute Gasteiger partial charge is 0.338 e. The molecule has 1 N–H and O–H groups in total. The van der Waals surface area contributed by atoms with Gasteiger partial charge in [-0.05, 0) is 55.5 Å². The number of hydrogen-bond acceptors (Lipinski definition) is 5. The SMILES string of the molecule is C[C@@H](OC(=O)c1cccc(N2C(=O)CCC2=O)c1)C(=O)N[C@H]1CCCc2ccccc21. The van der Waals surface area contributed by atoms with E-state index in [0.717, 1.165) is 29.7 Å². The molecule has 7 nitrogen and oxygen atoms in total. The molecule has 1 saturated heterocycles. The Morgan fingerprint density at radius 2 is 1.77 bits per heavy atom. The number of aryl methyl sites for hydroxylation is 1. The molecular formula is C24H24N2O5. The third-order valence-electron chi connectivity index (χ3n) is 5.73. The van der Waals surface area contributed by atoms with Crippen molar-refractivity contribution >= 4 is 29.4 Å². The van der Waals surface area contributed by atoms with Gasteiger partial charge in [-0.25, -0.2) is 4.79 Å². The Labute approximate surface area is 180 Å². The molecule has 1 aliphatic carbocycles. The summed E-state index contributed by atoms with van der Waals surface area (Å²) in [6.07, 6.45) is 2.15. The summed E-state index contributed by atoms with van der Waals surface area (Å²) in [7, 11) is 0.